The highest BCUT2D eigenvalue weighted by Crippen LogP contribution is 2.25. The van der Waals surface area contributed by atoms with Gasteiger partial charge in [-0.05, 0) is 49.6 Å². The minimum absolute atomic E-state index is 0.153. The summed E-state index contributed by atoms with van der Waals surface area (Å²) in [7, 11) is 0. The second-order valence-electron chi connectivity index (χ2n) is 9.00. The van der Waals surface area contributed by atoms with E-state index in [0.29, 0.717) is 47.4 Å². The van der Waals surface area contributed by atoms with Crippen molar-refractivity contribution in [2.75, 3.05) is 18.4 Å². The van der Waals surface area contributed by atoms with E-state index in [1.807, 2.05) is 13.8 Å². The van der Waals surface area contributed by atoms with Crippen LogP contribution in [0.2, 0.25) is 0 Å². The molecule has 9 heteroatoms. The Morgan fingerprint density at radius 3 is 2.35 bits per heavy atom. The normalized spacial score (nSPS) is 11.4. The van der Waals surface area contributed by atoms with E-state index in [0.717, 1.165) is 12.1 Å². The van der Waals surface area contributed by atoms with E-state index in [9.17, 15) is 18.4 Å². The number of nitrogens with zero attached hydrogens (tertiary/aromatic N) is 2. The molecule has 3 rings (SSSR count). The van der Waals surface area contributed by atoms with E-state index in [1.165, 1.54) is 0 Å². The Labute approximate surface area is 196 Å². The molecule has 7 nitrogen and oxygen atoms in total. The molecule has 0 aliphatic rings. The lowest BCUT2D eigenvalue weighted by atomic mass is 9.92. The zero-order valence-electron chi connectivity index (χ0n) is 19.6. The Balaban J connectivity index is 1.92. The Morgan fingerprint density at radius 2 is 1.76 bits per heavy atom. The quantitative estimate of drug-likeness (QED) is 0.507. The topological polar surface area (TPSA) is 101 Å². The highest BCUT2D eigenvalue weighted by molar-refractivity contribution is 6.04. The van der Waals surface area contributed by atoms with Crippen LogP contribution in [-0.2, 0) is 6.54 Å². The van der Waals surface area contributed by atoms with Crippen LogP contribution in [0.3, 0.4) is 0 Å². The maximum absolute atomic E-state index is 13.6. The molecule has 3 aromatic rings. The summed E-state index contributed by atoms with van der Waals surface area (Å²) in [6, 6.07) is 9.54. The molecule has 1 aromatic heterocycles. The van der Waals surface area contributed by atoms with E-state index in [4.69, 9.17) is 10.3 Å². The van der Waals surface area contributed by atoms with Crippen molar-refractivity contribution in [3.05, 3.63) is 82.2 Å². The Morgan fingerprint density at radius 1 is 1.12 bits per heavy atom. The maximum atomic E-state index is 13.6. The van der Waals surface area contributed by atoms with Gasteiger partial charge in [0.1, 0.15) is 23.0 Å². The first-order valence-electron chi connectivity index (χ1n) is 10.8. The van der Waals surface area contributed by atoms with Crippen molar-refractivity contribution in [3.8, 4) is 0 Å². The minimum atomic E-state index is -0.848. The molecule has 0 radical (unpaired) electrons. The van der Waals surface area contributed by atoms with Gasteiger partial charge >= 0.3 is 0 Å². The zero-order valence-corrected chi connectivity index (χ0v) is 19.6. The fourth-order valence-electron chi connectivity index (χ4n) is 3.59. The van der Waals surface area contributed by atoms with Crippen molar-refractivity contribution in [3.63, 3.8) is 0 Å². The number of carbonyl (C=O) groups excluding carboxylic acids is 2. The molecule has 0 bridgehead atoms. The van der Waals surface area contributed by atoms with Crippen LogP contribution in [0, 0.1) is 30.9 Å². The third kappa shape index (κ3) is 5.85. The third-order valence-corrected chi connectivity index (χ3v) is 5.46. The predicted molar refractivity (Wildman–Crippen MR) is 124 cm³/mol. The van der Waals surface area contributed by atoms with Crippen LogP contribution < -0.4 is 11.1 Å². The molecule has 1 heterocycles. The monoisotopic (exact) mass is 470 g/mol. The first-order valence-corrected chi connectivity index (χ1v) is 10.8. The van der Waals surface area contributed by atoms with Gasteiger partial charge in [0.2, 0.25) is 0 Å². The van der Waals surface area contributed by atoms with Crippen molar-refractivity contribution in [1.29, 1.82) is 0 Å². The molecular formula is C25H28F2N4O3. The highest BCUT2D eigenvalue weighted by atomic mass is 19.1. The molecule has 0 unspecified atom stereocenters. The predicted octanol–water partition coefficient (Wildman–Crippen LogP) is 4.45. The number of nitrogens with two attached hydrogens (primary N) is 1. The van der Waals surface area contributed by atoms with Crippen molar-refractivity contribution in [1.82, 2.24) is 10.1 Å². The summed E-state index contributed by atoms with van der Waals surface area (Å²) in [5.41, 5.74) is 7.30. The molecule has 34 heavy (non-hydrogen) atoms. The second kappa shape index (κ2) is 10.1. The first-order chi connectivity index (χ1) is 16.0. The van der Waals surface area contributed by atoms with E-state index in [2.05, 4.69) is 10.5 Å². The molecule has 0 saturated carbocycles. The average Bonchev–Trinajstić information content (AvgIpc) is 3.11. The maximum Gasteiger partial charge on any atom is 0.259 e. The zero-order chi connectivity index (χ0) is 25.0. The van der Waals surface area contributed by atoms with Crippen molar-refractivity contribution in [2.24, 2.45) is 11.1 Å². The fourth-order valence-corrected chi connectivity index (χ4v) is 3.59. The second-order valence-corrected chi connectivity index (χ2v) is 9.00. The van der Waals surface area contributed by atoms with Crippen LogP contribution in [-0.4, -0.2) is 35.0 Å². The van der Waals surface area contributed by atoms with E-state index in [1.54, 1.807) is 43.0 Å². The van der Waals surface area contributed by atoms with Crippen LogP contribution in [0.15, 0.2) is 47.0 Å². The number of hydrogen-bond donors (Lipinski definition) is 2. The SMILES string of the molecule is Cc1noc(C)c1C(=O)N(Cc1ccccc1NC(=O)c1cc(F)cc(F)c1)CC(C)(C)CN. The van der Waals surface area contributed by atoms with Gasteiger partial charge in [-0.15, -0.1) is 0 Å². The van der Waals surface area contributed by atoms with Crippen molar-refractivity contribution < 1.29 is 22.9 Å². The molecular weight excluding hydrogens is 442 g/mol. The minimum Gasteiger partial charge on any atom is -0.361 e. The summed E-state index contributed by atoms with van der Waals surface area (Å²) in [5.74, 6) is -2.23. The number of benzene rings is 2. The largest absolute Gasteiger partial charge is 0.361 e. The first kappa shape index (κ1) is 25.0. The highest BCUT2D eigenvalue weighted by Gasteiger charge is 2.29. The number of aromatic nitrogens is 1. The molecule has 0 aliphatic heterocycles. The number of para-hydroxylation sites is 1. The molecule has 180 valence electrons. The number of amides is 2. The van der Waals surface area contributed by atoms with Gasteiger partial charge in [0.15, 0.2) is 0 Å². The standard InChI is InChI=1S/C25H28F2N4O3/c1-15-22(16(2)34-30-15)24(33)31(14-25(3,4)13-28)12-17-7-5-6-8-21(17)29-23(32)18-9-19(26)11-20(27)10-18/h5-11H,12-14,28H2,1-4H3,(H,29,32). The van der Waals surface area contributed by atoms with Gasteiger partial charge in [-0.2, -0.15) is 0 Å². The van der Waals surface area contributed by atoms with Gasteiger partial charge in [-0.3, -0.25) is 9.59 Å². The van der Waals surface area contributed by atoms with Gasteiger partial charge in [0.25, 0.3) is 11.8 Å². The molecule has 0 saturated heterocycles. The Hall–Kier alpha value is -3.59. The molecule has 3 N–H and O–H groups in total. The van der Waals surface area contributed by atoms with Crippen LogP contribution in [0.1, 0.15) is 51.6 Å². The lowest BCUT2D eigenvalue weighted by Crippen LogP contribution is -2.42. The van der Waals surface area contributed by atoms with Crippen LogP contribution in [0.25, 0.3) is 0 Å². The van der Waals surface area contributed by atoms with Crippen molar-refractivity contribution in [2.45, 2.75) is 34.2 Å². The van der Waals surface area contributed by atoms with E-state index < -0.39 is 17.5 Å². The van der Waals surface area contributed by atoms with Crippen LogP contribution >= 0.6 is 0 Å². The molecule has 2 aromatic carbocycles. The van der Waals surface area contributed by atoms with Gasteiger partial charge in [0.05, 0.1) is 5.69 Å². The lowest BCUT2D eigenvalue weighted by molar-refractivity contribution is 0.0671. The fraction of sp³-hybridized carbons (Fsp3) is 0.320. The van der Waals surface area contributed by atoms with E-state index >= 15 is 0 Å². The lowest BCUT2D eigenvalue weighted by Gasteiger charge is -2.32. The molecule has 0 atom stereocenters. The summed E-state index contributed by atoms with van der Waals surface area (Å²) in [4.78, 5) is 27.8. The number of rotatable bonds is 8. The number of anilines is 1. The Bertz CT molecular complexity index is 1170. The summed E-state index contributed by atoms with van der Waals surface area (Å²) in [6.07, 6.45) is 0. The van der Waals surface area contributed by atoms with Gasteiger partial charge in [-0.1, -0.05) is 37.2 Å². The molecule has 2 amide bonds. The number of hydrogen-bond acceptors (Lipinski definition) is 5. The van der Waals surface area contributed by atoms with Crippen molar-refractivity contribution >= 4 is 17.5 Å². The van der Waals surface area contributed by atoms with Crippen LogP contribution in [0.5, 0.6) is 0 Å². The number of nitrogens with one attached hydrogen (secondary N) is 1. The van der Waals surface area contributed by atoms with Gasteiger partial charge in [0, 0.05) is 30.4 Å². The summed E-state index contributed by atoms with van der Waals surface area (Å²) < 4.78 is 32.3. The molecule has 0 spiro atoms. The summed E-state index contributed by atoms with van der Waals surface area (Å²) >= 11 is 0. The summed E-state index contributed by atoms with van der Waals surface area (Å²) in [6.45, 7) is 8.11. The third-order valence-electron chi connectivity index (χ3n) is 5.46. The smallest absolute Gasteiger partial charge is 0.259 e. The Kier molecular flexibility index (Phi) is 7.46. The number of halogens is 2. The van der Waals surface area contributed by atoms with E-state index in [-0.39, 0.29) is 23.4 Å². The summed E-state index contributed by atoms with van der Waals surface area (Å²) in [5, 5.41) is 6.58. The van der Waals surface area contributed by atoms with Crippen LogP contribution in [0.4, 0.5) is 14.5 Å². The number of aryl methyl sites for hydroxylation is 2. The molecule has 0 fully saturated rings. The number of carbonyl (C=O) groups is 2. The van der Waals surface area contributed by atoms with Gasteiger partial charge in [-0.25, -0.2) is 8.78 Å². The average molecular weight is 471 g/mol. The molecule has 0 aliphatic carbocycles. The van der Waals surface area contributed by atoms with Gasteiger partial charge < -0.3 is 20.5 Å².